The molecule has 8 nitrogen and oxygen atoms in total. The van der Waals surface area contributed by atoms with Gasteiger partial charge in [0.2, 0.25) is 5.91 Å². The van der Waals surface area contributed by atoms with E-state index < -0.39 is 23.8 Å². The molecule has 0 saturated carbocycles. The van der Waals surface area contributed by atoms with Crippen LogP contribution in [-0.2, 0) is 19.1 Å². The van der Waals surface area contributed by atoms with Gasteiger partial charge in [0.05, 0.1) is 12.6 Å². The van der Waals surface area contributed by atoms with Crippen molar-refractivity contribution < 1.29 is 23.9 Å². The van der Waals surface area contributed by atoms with Crippen molar-refractivity contribution in [3.8, 4) is 0 Å². The first-order chi connectivity index (χ1) is 13.9. The van der Waals surface area contributed by atoms with E-state index in [9.17, 15) is 14.4 Å². The van der Waals surface area contributed by atoms with E-state index in [1.165, 1.54) is 0 Å². The Morgan fingerprint density at radius 2 is 1.80 bits per heavy atom. The zero-order chi connectivity index (χ0) is 23.1. The Balaban J connectivity index is 2.90. The lowest BCUT2D eigenvalue weighted by Crippen LogP contribution is -2.56. The molecule has 1 rings (SSSR count). The fourth-order valence-electron chi connectivity index (χ4n) is 3.54. The quantitative estimate of drug-likeness (QED) is 0.520. The Morgan fingerprint density at radius 3 is 2.27 bits per heavy atom. The minimum atomic E-state index is -0.581. The van der Waals surface area contributed by atoms with Crippen molar-refractivity contribution in [2.24, 2.45) is 11.8 Å². The average Bonchev–Trinajstić information content (AvgIpc) is 3.03. The molecule has 2 amide bonds. The van der Waals surface area contributed by atoms with Crippen molar-refractivity contribution in [1.29, 1.82) is 0 Å². The van der Waals surface area contributed by atoms with Crippen LogP contribution in [-0.4, -0.2) is 66.8 Å². The summed E-state index contributed by atoms with van der Waals surface area (Å²) in [6.45, 7) is 14.5. The molecule has 1 heterocycles. The molecule has 174 valence electrons. The normalized spacial score (nSPS) is 20.8. The Kier molecular flexibility index (Phi) is 10.1. The van der Waals surface area contributed by atoms with Gasteiger partial charge in [-0.05, 0) is 39.7 Å². The zero-order valence-corrected chi connectivity index (χ0v) is 19.9. The van der Waals surface area contributed by atoms with Gasteiger partial charge in [0.15, 0.2) is 0 Å². The molecule has 5 atom stereocenters. The van der Waals surface area contributed by atoms with Gasteiger partial charge in [-0.2, -0.15) is 0 Å². The van der Waals surface area contributed by atoms with Crippen LogP contribution in [0.2, 0.25) is 0 Å². The molecular formula is C22H41N3O5. The van der Waals surface area contributed by atoms with Gasteiger partial charge in [-0.25, -0.2) is 9.59 Å². The second-order valence-corrected chi connectivity index (χ2v) is 9.43. The number of nitrogens with one attached hydrogen (secondary N) is 2. The molecule has 0 aromatic heterocycles. The molecule has 0 aromatic rings. The van der Waals surface area contributed by atoms with Gasteiger partial charge in [-0.3, -0.25) is 9.69 Å². The Labute approximate surface area is 181 Å². The number of carbonyl (C=O) groups is 3. The zero-order valence-electron chi connectivity index (χ0n) is 19.9. The maximum atomic E-state index is 13.0. The molecule has 8 heteroatoms. The highest BCUT2D eigenvalue weighted by atomic mass is 16.6. The van der Waals surface area contributed by atoms with Crippen LogP contribution < -0.4 is 10.6 Å². The van der Waals surface area contributed by atoms with Gasteiger partial charge in [0.1, 0.15) is 11.6 Å². The topological polar surface area (TPSA) is 97.0 Å². The van der Waals surface area contributed by atoms with Crippen molar-refractivity contribution >= 4 is 18.0 Å². The average molecular weight is 428 g/mol. The van der Waals surface area contributed by atoms with E-state index >= 15 is 0 Å². The van der Waals surface area contributed by atoms with Crippen molar-refractivity contribution in [3.63, 3.8) is 0 Å². The molecule has 1 aliphatic rings. The van der Waals surface area contributed by atoms with Crippen LogP contribution in [0.15, 0.2) is 0 Å². The summed E-state index contributed by atoms with van der Waals surface area (Å²) in [5.74, 6) is -0.286. The Bertz CT molecular complexity index is 590. The predicted molar refractivity (Wildman–Crippen MR) is 116 cm³/mol. The molecule has 2 N–H and O–H groups in total. The van der Waals surface area contributed by atoms with E-state index in [0.717, 1.165) is 12.8 Å². The highest BCUT2D eigenvalue weighted by Gasteiger charge is 2.35. The van der Waals surface area contributed by atoms with Crippen molar-refractivity contribution in [2.45, 2.75) is 91.5 Å². The van der Waals surface area contributed by atoms with Crippen LogP contribution in [0.25, 0.3) is 0 Å². The van der Waals surface area contributed by atoms with Gasteiger partial charge in [-0.15, -0.1) is 0 Å². The minimum absolute atomic E-state index is 0.0755. The smallest absolute Gasteiger partial charge is 0.407 e. The number of amides is 2. The summed E-state index contributed by atoms with van der Waals surface area (Å²) in [7, 11) is 1.88. The summed E-state index contributed by atoms with van der Waals surface area (Å²) in [6.07, 6.45) is 1.73. The first-order valence-corrected chi connectivity index (χ1v) is 11.1. The third kappa shape index (κ3) is 8.13. The molecule has 0 unspecified atom stereocenters. The second-order valence-electron chi connectivity index (χ2n) is 9.43. The van der Waals surface area contributed by atoms with Crippen LogP contribution >= 0.6 is 0 Å². The lowest BCUT2D eigenvalue weighted by atomic mass is 9.94. The minimum Gasteiger partial charge on any atom is -0.464 e. The number of likely N-dealkylation sites (N-methyl/N-ethyl adjacent to an activating group) is 1. The van der Waals surface area contributed by atoms with Gasteiger partial charge in [0.25, 0.3) is 0 Å². The molecule has 30 heavy (non-hydrogen) atoms. The number of ether oxygens (including phenoxy) is 2. The number of esters is 1. The van der Waals surface area contributed by atoms with Crippen LogP contribution in [0.5, 0.6) is 0 Å². The summed E-state index contributed by atoms with van der Waals surface area (Å²) in [5, 5.41) is 5.82. The third-order valence-corrected chi connectivity index (χ3v) is 5.70. The lowest BCUT2D eigenvalue weighted by molar-refractivity contribution is -0.142. The molecule has 0 radical (unpaired) electrons. The maximum Gasteiger partial charge on any atom is 0.407 e. The van der Waals surface area contributed by atoms with Crippen LogP contribution in [0.4, 0.5) is 4.79 Å². The summed E-state index contributed by atoms with van der Waals surface area (Å²) in [4.78, 5) is 39.1. The number of nitrogens with zero attached hydrogens (tertiary/aromatic N) is 1. The van der Waals surface area contributed by atoms with Gasteiger partial charge < -0.3 is 20.1 Å². The van der Waals surface area contributed by atoms with E-state index in [4.69, 9.17) is 9.47 Å². The largest absolute Gasteiger partial charge is 0.464 e. The lowest BCUT2D eigenvalue weighted by Gasteiger charge is -2.36. The summed E-state index contributed by atoms with van der Waals surface area (Å²) < 4.78 is 10.4. The van der Waals surface area contributed by atoms with Crippen LogP contribution in [0.3, 0.4) is 0 Å². The number of hydrogen-bond donors (Lipinski definition) is 2. The molecular weight excluding hydrogens is 386 g/mol. The van der Waals surface area contributed by atoms with Gasteiger partial charge in [-0.1, -0.05) is 40.5 Å². The number of alkyl carbamates (subject to hydrolysis) is 1. The van der Waals surface area contributed by atoms with E-state index in [2.05, 4.69) is 24.5 Å². The Hall–Kier alpha value is -1.83. The number of hydrogen-bond acceptors (Lipinski definition) is 6. The molecule has 1 fully saturated rings. The summed E-state index contributed by atoms with van der Waals surface area (Å²) in [6, 6.07) is -1.18. The molecule has 1 aliphatic heterocycles. The van der Waals surface area contributed by atoms with Crippen LogP contribution in [0, 0.1) is 11.8 Å². The highest BCUT2D eigenvalue weighted by molar-refractivity contribution is 5.88. The summed E-state index contributed by atoms with van der Waals surface area (Å²) in [5.41, 5.74) is -0.578. The maximum absolute atomic E-state index is 13.0. The standard InChI is InChI=1S/C22H41N3O5/c1-9-14(3)17(24-21(28)30-22(5,6)7)13-25(8)18(15(4)10-2)19(26)23-16-11-12-29-20(16)27/h14-18H,9-13H2,1-8H3,(H,23,26)(H,24,28)/t14-,15-,16-,17+,18-/m0/s1. The SMILES string of the molecule is CC[C@H](C)[C@@H](C(=O)N[C@H]1CCOC1=O)N(C)C[C@@H](NC(=O)OC(C)(C)C)[C@@H](C)CC. The van der Waals surface area contributed by atoms with Crippen molar-refractivity contribution in [2.75, 3.05) is 20.2 Å². The van der Waals surface area contributed by atoms with E-state index in [1.807, 2.05) is 46.6 Å². The van der Waals surface area contributed by atoms with E-state index in [1.54, 1.807) is 0 Å². The monoisotopic (exact) mass is 427 g/mol. The molecule has 0 bridgehead atoms. The fourth-order valence-corrected chi connectivity index (χ4v) is 3.54. The molecule has 0 spiro atoms. The first kappa shape index (κ1) is 26.2. The first-order valence-electron chi connectivity index (χ1n) is 11.1. The highest BCUT2D eigenvalue weighted by Crippen LogP contribution is 2.19. The van der Waals surface area contributed by atoms with E-state index in [0.29, 0.717) is 19.6 Å². The predicted octanol–water partition coefficient (Wildman–Crippen LogP) is 2.70. The van der Waals surface area contributed by atoms with Gasteiger partial charge >= 0.3 is 12.1 Å². The van der Waals surface area contributed by atoms with Crippen LogP contribution in [0.1, 0.15) is 67.7 Å². The molecule has 1 saturated heterocycles. The van der Waals surface area contributed by atoms with Gasteiger partial charge in [0, 0.05) is 19.0 Å². The third-order valence-electron chi connectivity index (χ3n) is 5.70. The van der Waals surface area contributed by atoms with Crippen molar-refractivity contribution in [1.82, 2.24) is 15.5 Å². The number of cyclic esters (lactones) is 1. The fraction of sp³-hybridized carbons (Fsp3) is 0.864. The number of rotatable bonds is 10. The molecule has 0 aromatic carbocycles. The Morgan fingerprint density at radius 1 is 1.20 bits per heavy atom. The summed E-state index contributed by atoms with van der Waals surface area (Å²) >= 11 is 0. The second kappa shape index (κ2) is 11.5. The molecule has 0 aliphatic carbocycles. The number of carbonyl (C=O) groups excluding carboxylic acids is 3. The van der Waals surface area contributed by atoms with Crippen molar-refractivity contribution in [3.05, 3.63) is 0 Å². The van der Waals surface area contributed by atoms with E-state index in [-0.39, 0.29) is 29.8 Å².